The number of unbranched alkanes of at least 4 members (excludes halogenated alkanes) is 6. The summed E-state index contributed by atoms with van der Waals surface area (Å²) in [6.45, 7) is 9.10. The van der Waals surface area contributed by atoms with Gasteiger partial charge in [0.2, 0.25) is 0 Å². The van der Waals surface area contributed by atoms with E-state index in [-0.39, 0.29) is 17.5 Å². The maximum Gasteiger partial charge on any atom is 0.306 e. The Labute approximate surface area is 209 Å². The summed E-state index contributed by atoms with van der Waals surface area (Å²) < 4.78 is 6.02. The summed E-state index contributed by atoms with van der Waals surface area (Å²) in [6, 6.07) is 0. The van der Waals surface area contributed by atoms with Crippen molar-refractivity contribution in [3.8, 4) is 0 Å². The number of rotatable bonds is 10. The lowest BCUT2D eigenvalue weighted by Gasteiger charge is -2.61. The number of Topliss-reactive ketones (excluding diaryl/α,β-unsaturated/α-hetero) is 1. The SMILES string of the molecule is CCCCCCCCCC(=O)O[C@H]1CC[C@@]2(C)[C@@H](CC[C@@H]3[C@@H]2CC[C@]2(C)[C@@H](C(C)=O)CC[C@@H]32)C1. The van der Waals surface area contributed by atoms with Gasteiger partial charge >= 0.3 is 5.97 Å². The van der Waals surface area contributed by atoms with Crippen LogP contribution in [0.3, 0.4) is 0 Å². The van der Waals surface area contributed by atoms with Crippen LogP contribution in [0.5, 0.6) is 0 Å². The first kappa shape index (κ1) is 26.2. The third kappa shape index (κ3) is 5.15. The van der Waals surface area contributed by atoms with E-state index in [4.69, 9.17) is 4.74 Å². The van der Waals surface area contributed by atoms with E-state index in [9.17, 15) is 9.59 Å². The highest BCUT2D eigenvalue weighted by molar-refractivity contribution is 5.79. The summed E-state index contributed by atoms with van der Waals surface area (Å²) in [5.74, 6) is 3.84. The topological polar surface area (TPSA) is 43.4 Å². The highest BCUT2D eigenvalue weighted by Crippen LogP contribution is 2.67. The van der Waals surface area contributed by atoms with E-state index < -0.39 is 0 Å². The van der Waals surface area contributed by atoms with E-state index in [1.807, 2.05) is 6.92 Å². The second-order valence-electron chi connectivity index (χ2n) is 13.2. The second kappa shape index (κ2) is 11.0. The van der Waals surface area contributed by atoms with Crippen molar-refractivity contribution in [3.05, 3.63) is 0 Å². The van der Waals surface area contributed by atoms with Crippen molar-refractivity contribution in [1.29, 1.82) is 0 Å². The molecule has 0 amide bonds. The van der Waals surface area contributed by atoms with Gasteiger partial charge in [0.1, 0.15) is 11.9 Å². The largest absolute Gasteiger partial charge is 0.462 e. The fourth-order valence-corrected chi connectivity index (χ4v) is 9.46. The van der Waals surface area contributed by atoms with Gasteiger partial charge in [0, 0.05) is 12.3 Å². The lowest BCUT2D eigenvalue weighted by Crippen LogP contribution is -2.54. The Bertz CT molecular complexity index is 715. The molecule has 34 heavy (non-hydrogen) atoms. The van der Waals surface area contributed by atoms with Gasteiger partial charge in [-0.1, -0.05) is 59.3 Å². The first-order valence-electron chi connectivity index (χ1n) is 15.0. The highest BCUT2D eigenvalue weighted by atomic mass is 16.5. The van der Waals surface area contributed by atoms with Crippen LogP contribution in [0.2, 0.25) is 0 Å². The minimum absolute atomic E-state index is 0.0468. The summed E-state index contributed by atoms with van der Waals surface area (Å²) in [5, 5.41) is 0. The Balaban J connectivity index is 1.26. The molecule has 4 fully saturated rings. The highest BCUT2D eigenvalue weighted by Gasteiger charge is 2.60. The average molecular weight is 473 g/mol. The van der Waals surface area contributed by atoms with Crippen molar-refractivity contribution < 1.29 is 14.3 Å². The summed E-state index contributed by atoms with van der Waals surface area (Å²) in [6.07, 6.45) is 20.3. The number of hydrogen-bond donors (Lipinski definition) is 0. The fourth-order valence-electron chi connectivity index (χ4n) is 9.46. The van der Waals surface area contributed by atoms with Crippen LogP contribution in [-0.4, -0.2) is 17.9 Å². The zero-order chi connectivity index (χ0) is 24.3. The molecule has 0 aromatic carbocycles. The zero-order valence-corrected chi connectivity index (χ0v) is 22.7. The molecule has 0 spiro atoms. The van der Waals surface area contributed by atoms with Crippen molar-refractivity contribution in [2.45, 2.75) is 143 Å². The van der Waals surface area contributed by atoms with Crippen LogP contribution in [-0.2, 0) is 14.3 Å². The Morgan fingerprint density at radius 2 is 1.47 bits per heavy atom. The Morgan fingerprint density at radius 3 is 2.21 bits per heavy atom. The smallest absolute Gasteiger partial charge is 0.306 e. The molecule has 194 valence electrons. The molecule has 0 aliphatic heterocycles. The van der Waals surface area contributed by atoms with E-state index in [0.717, 1.165) is 49.9 Å². The molecule has 4 aliphatic carbocycles. The predicted octanol–water partition coefficient (Wildman–Crippen LogP) is 8.29. The molecule has 0 radical (unpaired) electrons. The predicted molar refractivity (Wildman–Crippen MR) is 138 cm³/mol. The molecular formula is C31H52O3. The number of carbonyl (C=O) groups excluding carboxylic acids is 2. The second-order valence-corrected chi connectivity index (χ2v) is 13.2. The van der Waals surface area contributed by atoms with Crippen LogP contribution in [0.1, 0.15) is 137 Å². The molecule has 0 N–H and O–H groups in total. The number of ether oxygens (including phenoxy) is 1. The zero-order valence-electron chi connectivity index (χ0n) is 22.7. The van der Waals surface area contributed by atoms with Gasteiger partial charge < -0.3 is 4.74 Å². The van der Waals surface area contributed by atoms with Gasteiger partial charge in [-0.05, 0) is 106 Å². The number of carbonyl (C=O) groups is 2. The monoisotopic (exact) mass is 472 g/mol. The van der Waals surface area contributed by atoms with E-state index in [1.165, 1.54) is 70.6 Å². The van der Waals surface area contributed by atoms with Gasteiger partial charge in [-0.25, -0.2) is 0 Å². The standard InChI is InChI=1S/C31H52O3/c1-5-6-7-8-9-10-11-12-29(33)34-24-17-19-30(3)23(21-24)13-14-25-27-16-15-26(22(2)32)31(27,4)20-18-28(25)30/h23-28H,5-21H2,1-4H3/t23-,24-,25-,26+,27-,28-,30-,31+/m0/s1. The molecule has 4 aliphatic rings. The molecule has 3 heteroatoms. The lowest BCUT2D eigenvalue weighted by atomic mass is 9.44. The van der Waals surface area contributed by atoms with Gasteiger partial charge in [-0.3, -0.25) is 9.59 Å². The van der Waals surface area contributed by atoms with Crippen LogP contribution in [0.25, 0.3) is 0 Å². The molecule has 0 bridgehead atoms. The summed E-state index contributed by atoms with van der Waals surface area (Å²) in [7, 11) is 0. The fraction of sp³-hybridized carbons (Fsp3) is 0.935. The molecule has 8 atom stereocenters. The molecule has 3 nitrogen and oxygen atoms in total. The van der Waals surface area contributed by atoms with Crippen LogP contribution < -0.4 is 0 Å². The van der Waals surface area contributed by atoms with Crippen molar-refractivity contribution >= 4 is 11.8 Å². The third-order valence-corrected chi connectivity index (χ3v) is 11.4. The summed E-state index contributed by atoms with van der Waals surface area (Å²) >= 11 is 0. The minimum atomic E-state index is 0.0468. The summed E-state index contributed by atoms with van der Waals surface area (Å²) in [4.78, 5) is 24.9. The maximum atomic E-state index is 12.5. The Kier molecular flexibility index (Phi) is 8.51. The van der Waals surface area contributed by atoms with E-state index in [0.29, 0.717) is 29.5 Å². The minimum Gasteiger partial charge on any atom is -0.462 e. The molecular weight excluding hydrogens is 420 g/mol. The van der Waals surface area contributed by atoms with Crippen LogP contribution >= 0.6 is 0 Å². The van der Waals surface area contributed by atoms with Crippen LogP contribution in [0.4, 0.5) is 0 Å². The third-order valence-electron chi connectivity index (χ3n) is 11.4. The first-order valence-corrected chi connectivity index (χ1v) is 15.0. The molecule has 0 aromatic heterocycles. The van der Waals surface area contributed by atoms with E-state index in [2.05, 4.69) is 20.8 Å². The van der Waals surface area contributed by atoms with Crippen molar-refractivity contribution in [2.75, 3.05) is 0 Å². The number of hydrogen-bond acceptors (Lipinski definition) is 3. The van der Waals surface area contributed by atoms with Gasteiger partial charge in [-0.2, -0.15) is 0 Å². The van der Waals surface area contributed by atoms with Gasteiger partial charge in [0.25, 0.3) is 0 Å². The number of fused-ring (bicyclic) bond motifs is 5. The molecule has 0 saturated heterocycles. The van der Waals surface area contributed by atoms with Gasteiger partial charge in [0.15, 0.2) is 0 Å². The quantitative estimate of drug-likeness (QED) is 0.237. The Hall–Kier alpha value is -0.860. The van der Waals surface area contributed by atoms with Crippen LogP contribution in [0.15, 0.2) is 0 Å². The normalized spacial score (nSPS) is 41.3. The summed E-state index contributed by atoms with van der Waals surface area (Å²) in [5.41, 5.74) is 0.652. The van der Waals surface area contributed by atoms with E-state index in [1.54, 1.807) is 0 Å². The Morgan fingerprint density at radius 1 is 0.794 bits per heavy atom. The molecule has 0 unspecified atom stereocenters. The number of ketones is 1. The first-order chi connectivity index (χ1) is 16.3. The van der Waals surface area contributed by atoms with Crippen molar-refractivity contribution in [2.24, 2.45) is 40.4 Å². The van der Waals surface area contributed by atoms with Crippen molar-refractivity contribution in [3.63, 3.8) is 0 Å². The lowest BCUT2D eigenvalue weighted by molar-refractivity contribution is -0.163. The molecule has 0 aromatic rings. The average Bonchev–Trinajstić information content (AvgIpc) is 3.16. The molecule has 4 rings (SSSR count). The van der Waals surface area contributed by atoms with Gasteiger partial charge in [0.05, 0.1) is 0 Å². The molecule has 4 saturated carbocycles. The maximum absolute atomic E-state index is 12.5. The van der Waals surface area contributed by atoms with Crippen LogP contribution in [0, 0.1) is 40.4 Å². The molecule has 0 heterocycles. The van der Waals surface area contributed by atoms with Crippen molar-refractivity contribution in [1.82, 2.24) is 0 Å². The van der Waals surface area contributed by atoms with Gasteiger partial charge in [-0.15, -0.1) is 0 Å². The van der Waals surface area contributed by atoms with E-state index >= 15 is 0 Å². The number of esters is 1.